The minimum Gasteiger partial charge on any atom is -0.326 e. The number of amides is 1. The summed E-state index contributed by atoms with van der Waals surface area (Å²) < 4.78 is 27.0. The van der Waals surface area contributed by atoms with Gasteiger partial charge in [-0.25, -0.2) is 13.1 Å². The predicted octanol–water partition coefficient (Wildman–Crippen LogP) is 2.94. The maximum absolute atomic E-state index is 12.2. The normalized spacial score (nSPS) is 12.6. The van der Waals surface area contributed by atoms with Gasteiger partial charge in [0.25, 0.3) is 0 Å². The first-order valence-corrected chi connectivity index (χ1v) is 9.35. The van der Waals surface area contributed by atoms with Gasteiger partial charge in [0.15, 0.2) is 0 Å². The van der Waals surface area contributed by atoms with Gasteiger partial charge in [0, 0.05) is 11.7 Å². The van der Waals surface area contributed by atoms with Crippen LogP contribution in [0.25, 0.3) is 0 Å². The molecule has 128 valence electrons. The largest absolute Gasteiger partial charge is 0.326 e. The molecule has 0 fully saturated rings. The first-order valence-electron chi connectivity index (χ1n) is 7.87. The number of rotatable bonds is 7. The van der Waals surface area contributed by atoms with Gasteiger partial charge in [0.2, 0.25) is 15.9 Å². The van der Waals surface area contributed by atoms with E-state index >= 15 is 0 Å². The molecule has 0 saturated carbocycles. The van der Waals surface area contributed by atoms with Crippen molar-refractivity contribution >= 4 is 21.6 Å². The second kappa shape index (κ2) is 8.08. The third-order valence-corrected chi connectivity index (χ3v) is 5.23. The number of carbonyl (C=O) groups excluding carboxylic acids is 1. The molecule has 0 heterocycles. The second-order valence-corrected chi connectivity index (χ2v) is 7.38. The molecule has 2 aromatic rings. The molecule has 0 radical (unpaired) electrons. The molecule has 2 N–H and O–H groups in total. The lowest BCUT2D eigenvalue weighted by molar-refractivity contribution is -0.115. The highest BCUT2D eigenvalue weighted by Crippen LogP contribution is 2.15. The lowest BCUT2D eigenvalue weighted by Gasteiger charge is -2.12. The van der Waals surface area contributed by atoms with Crippen LogP contribution in [0, 0.1) is 0 Å². The summed E-state index contributed by atoms with van der Waals surface area (Å²) in [6, 6.07) is 15.5. The molecule has 0 bridgehead atoms. The molecule has 0 aliphatic heterocycles. The van der Waals surface area contributed by atoms with Crippen molar-refractivity contribution in [3.8, 4) is 0 Å². The fraction of sp³-hybridized carbons (Fsp3) is 0.278. The summed E-state index contributed by atoms with van der Waals surface area (Å²) in [6.45, 7) is 3.73. The Morgan fingerprint density at radius 2 is 1.67 bits per heavy atom. The number of benzene rings is 2. The molecule has 0 aliphatic rings. The molecule has 1 atom stereocenters. The Kier molecular flexibility index (Phi) is 6.11. The minimum atomic E-state index is -3.53. The molecule has 1 unspecified atom stereocenters. The van der Waals surface area contributed by atoms with E-state index in [9.17, 15) is 13.2 Å². The van der Waals surface area contributed by atoms with Crippen molar-refractivity contribution in [2.75, 3.05) is 5.32 Å². The topological polar surface area (TPSA) is 75.3 Å². The number of sulfonamides is 1. The van der Waals surface area contributed by atoms with Crippen LogP contribution in [0.3, 0.4) is 0 Å². The zero-order valence-corrected chi connectivity index (χ0v) is 14.6. The summed E-state index contributed by atoms with van der Waals surface area (Å²) in [4.78, 5) is 12.2. The average Bonchev–Trinajstić information content (AvgIpc) is 2.55. The maximum atomic E-state index is 12.2. The Bertz CT molecular complexity index is 772. The summed E-state index contributed by atoms with van der Waals surface area (Å²) in [5, 5.41) is 2.77. The highest BCUT2D eigenvalue weighted by molar-refractivity contribution is 7.89. The molecule has 0 aliphatic carbocycles. The van der Waals surface area contributed by atoms with Gasteiger partial charge in [-0.1, -0.05) is 37.3 Å². The van der Waals surface area contributed by atoms with Crippen LogP contribution in [-0.4, -0.2) is 20.4 Å². The third-order valence-electron chi connectivity index (χ3n) is 3.62. The predicted molar refractivity (Wildman–Crippen MR) is 95.3 cm³/mol. The van der Waals surface area contributed by atoms with E-state index in [0.29, 0.717) is 12.1 Å². The van der Waals surface area contributed by atoms with Crippen LogP contribution in [0.15, 0.2) is 59.5 Å². The van der Waals surface area contributed by atoms with Crippen molar-refractivity contribution in [2.45, 2.75) is 37.6 Å². The fourth-order valence-electron chi connectivity index (χ4n) is 2.12. The second-order valence-electron chi connectivity index (χ2n) is 5.67. The van der Waals surface area contributed by atoms with Crippen LogP contribution in [0.1, 0.15) is 25.8 Å². The van der Waals surface area contributed by atoms with E-state index in [1.165, 1.54) is 12.1 Å². The molecular weight excluding hydrogens is 324 g/mol. The van der Waals surface area contributed by atoms with Gasteiger partial charge in [-0.2, -0.15) is 0 Å². The third kappa shape index (κ3) is 5.18. The van der Waals surface area contributed by atoms with Gasteiger partial charge >= 0.3 is 0 Å². The number of hydrogen-bond acceptors (Lipinski definition) is 3. The molecule has 2 aromatic carbocycles. The molecular formula is C18H22N2O3S. The van der Waals surface area contributed by atoms with Crippen molar-refractivity contribution < 1.29 is 13.2 Å². The Labute approximate surface area is 143 Å². The van der Waals surface area contributed by atoms with Crippen molar-refractivity contribution in [3.63, 3.8) is 0 Å². The smallest absolute Gasteiger partial charge is 0.240 e. The Morgan fingerprint density at radius 3 is 2.25 bits per heavy atom. The fourth-order valence-corrected chi connectivity index (χ4v) is 3.45. The van der Waals surface area contributed by atoms with Crippen LogP contribution in [0.4, 0.5) is 5.69 Å². The standard InChI is InChI=1S/C18H22N2O3S/c1-3-14(2)20-24(22,23)17-11-9-16(10-12-17)19-18(21)13-15-7-5-4-6-8-15/h4-12,14,20H,3,13H2,1-2H3,(H,19,21). The van der Waals surface area contributed by atoms with E-state index in [-0.39, 0.29) is 23.3 Å². The van der Waals surface area contributed by atoms with Gasteiger partial charge in [-0.05, 0) is 43.2 Å². The lowest BCUT2D eigenvalue weighted by Crippen LogP contribution is -2.31. The summed E-state index contributed by atoms with van der Waals surface area (Å²) in [5.41, 5.74) is 1.49. The molecule has 0 saturated heterocycles. The van der Waals surface area contributed by atoms with Crippen LogP contribution in [0.2, 0.25) is 0 Å². The van der Waals surface area contributed by atoms with E-state index in [1.807, 2.05) is 44.2 Å². The number of nitrogens with one attached hydrogen (secondary N) is 2. The van der Waals surface area contributed by atoms with Crippen LogP contribution in [-0.2, 0) is 21.2 Å². The first kappa shape index (κ1) is 18.2. The highest BCUT2D eigenvalue weighted by Gasteiger charge is 2.16. The van der Waals surface area contributed by atoms with Gasteiger partial charge in [0.05, 0.1) is 11.3 Å². The molecule has 0 aromatic heterocycles. The SMILES string of the molecule is CCC(C)NS(=O)(=O)c1ccc(NC(=O)Cc2ccccc2)cc1. The van der Waals surface area contributed by atoms with Crippen molar-refractivity contribution in [3.05, 3.63) is 60.2 Å². The monoisotopic (exact) mass is 346 g/mol. The van der Waals surface area contributed by atoms with E-state index in [1.54, 1.807) is 12.1 Å². The van der Waals surface area contributed by atoms with Gasteiger partial charge < -0.3 is 5.32 Å². The Hall–Kier alpha value is -2.18. The summed E-state index contributed by atoms with van der Waals surface area (Å²) in [5.74, 6) is -0.144. The van der Waals surface area contributed by atoms with E-state index in [0.717, 1.165) is 5.56 Å². The Morgan fingerprint density at radius 1 is 1.04 bits per heavy atom. The average molecular weight is 346 g/mol. The molecule has 24 heavy (non-hydrogen) atoms. The molecule has 2 rings (SSSR count). The summed E-state index contributed by atoms with van der Waals surface area (Å²) in [7, 11) is -3.53. The van der Waals surface area contributed by atoms with E-state index in [2.05, 4.69) is 10.0 Å². The van der Waals surface area contributed by atoms with Gasteiger partial charge in [-0.15, -0.1) is 0 Å². The summed E-state index contributed by atoms with van der Waals surface area (Å²) in [6.07, 6.45) is 0.989. The highest BCUT2D eigenvalue weighted by atomic mass is 32.2. The van der Waals surface area contributed by atoms with Gasteiger partial charge in [-0.3, -0.25) is 4.79 Å². The maximum Gasteiger partial charge on any atom is 0.240 e. The van der Waals surface area contributed by atoms with Crippen LogP contribution >= 0.6 is 0 Å². The van der Waals surface area contributed by atoms with Crippen LogP contribution < -0.4 is 10.0 Å². The zero-order valence-electron chi connectivity index (χ0n) is 13.8. The van der Waals surface area contributed by atoms with Crippen LogP contribution in [0.5, 0.6) is 0 Å². The summed E-state index contributed by atoms with van der Waals surface area (Å²) >= 11 is 0. The number of anilines is 1. The zero-order chi connectivity index (χ0) is 17.6. The Balaban J connectivity index is 2.00. The first-order chi connectivity index (χ1) is 11.4. The minimum absolute atomic E-state index is 0.125. The van der Waals surface area contributed by atoms with E-state index < -0.39 is 10.0 Å². The number of carbonyl (C=O) groups is 1. The van der Waals surface area contributed by atoms with Gasteiger partial charge in [0.1, 0.15) is 0 Å². The molecule has 1 amide bonds. The van der Waals surface area contributed by atoms with Crippen molar-refractivity contribution in [1.29, 1.82) is 0 Å². The lowest BCUT2D eigenvalue weighted by atomic mass is 10.1. The molecule has 0 spiro atoms. The van der Waals surface area contributed by atoms with Crippen molar-refractivity contribution in [2.24, 2.45) is 0 Å². The molecule has 6 heteroatoms. The van der Waals surface area contributed by atoms with E-state index in [4.69, 9.17) is 0 Å². The quantitative estimate of drug-likeness (QED) is 0.809. The van der Waals surface area contributed by atoms with Crippen molar-refractivity contribution in [1.82, 2.24) is 4.72 Å². The molecule has 5 nitrogen and oxygen atoms in total. The number of hydrogen-bond donors (Lipinski definition) is 2.